The van der Waals surface area contributed by atoms with Crippen LogP contribution in [0.5, 0.6) is 0 Å². The summed E-state index contributed by atoms with van der Waals surface area (Å²) in [6, 6.07) is 5.14. The zero-order valence-electron chi connectivity index (χ0n) is 13.1. The third-order valence-electron chi connectivity index (χ3n) is 3.79. The van der Waals surface area contributed by atoms with E-state index >= 15 is 0 Å². The van der Waals surface area contributed by atoms with Gasteiger partial charge in [0.2, 0.25) is 11.3 Å². The molecule has 1 amide bonds. The van der Waals surface area contributed by atoms with E-state index in [-0.39, 0.29) is 11.3 Å². The Kier molecular flexibility index (Phi) is 4.06. The molecule has 0 spiro atoms. The molecule has 0 aliphatic rings. The molecule has 3 aromatic rings. The van der Waals surface area contributed by atoms with Gasteiger partial charge in [-0.3, -0.25) is 9.59 Å². The van der Waals surface area contributed by atoms with Gasteiger partial charge in [-0.2, -0.15) is 0 Å². The molecule has 6 heteroatoms. The van der Waals surface area contributed by atoms with Gasteiger partial charge in [-0.05, 0) is 37.1 Å². The minimum Gasteiger partial charge on any atom is -0.324 e. The number of aromatic nitrogens is 3. The third-order valence-corrected chi connectivity index (χ3v) is 3.79. The smallest absolute Gasteiger partial charge is 0.225 e. The Morgan fingerprint density at radius 3 is 2.87 bits per heavy atom. The summed E-state index contributed by atoms with van der Waals surface area (Å²) in [5, 5.41) is 3.81. The number of H-pyrrole nitrogens is 1. The molecular formula is C17H18N4O2. The van der Waals surface area contributed by atoms with Crippen molar-refractivity contribution in [2.75, 3.05) is 5.32 Å². The van der Waals surface area contributed by atoms with Gasteiger partial charge in [0.1, 0.15) is 17.1 Å². The number of aromatic amines is 1. The number of pyridine rings is 3. The Morgan fingerprint density at radius 2 is 2.09 bits per heavy atom. The SMILES string of the molecule is CCCCC(=O)Nc1ccc2c(=O)c3c(C)ccnc3[nH]c2n1. The molecule has 3 aromatic heterocycles. The highest BCUT2D eigenvalue weighted by Crippen LogP contribution is 2.16. The van der Waals surface area contributed by atoms with Crippen molar-refractivity contribution in [3.05, 3.63) is 40.2 Å². The fourth-order valence-electron chi connectivity index (χ4n) is 2.54. The molecule has 0 aliphatic carbocycles. The number of anilines is 1. The number of carbonyl (C=O) groups excluding carboxylic acids is 1. The maximum absolute atomic E-state index is 12.6. The molecular weight excluding hydrogens is 292 g/mol. The van der Waals surface area contributed by atoms with Gasteiger partial charge < -0.3 is 10.3 Å². The second-order valence-corrected chi connectivity index (χ2v) is 5.55. The number of nitrogens with zero attached hydrogens (tertiary/aromatic N) is 2. The quantitative estimate of drug-likeness (QED) is 0.725. The first-order chi connectivity index (χ1) is 11.1. The van der Waals surface area contributed by atoms with Crippen LogP contribution >= 0.6 is 0 Å². The van der Waals surface area contributed by atoms with Gasteiger partial charge in [0, 0.05) is 12.6 Å². The number of rotatable bonds is 4. The van der Waals surface area contributed by atoms with Gasteiger partial charge in [-0.1, -0.05) is 13.3 Å². The molecule has 0 bridgehead atoms. The summed E-state index contributed by atoms with van der Waals surface area (Å²) in [7, 11) is 0. The lowest BCUT2D eigenvalue weighted by atomic mass is 10.1. The highest BCUT2D eigenvalue weighted by atomic mass is 16.1. The van der Waals surface area contributed by atoms with Crippen molar-refractivity contribution in [3.63, 3.8) is 0 Å². The van der Waals surface area contributed by atoms with Crippen LogP contribution in [0.1, 0.15) is 31.7 Å². The van der Waals surface area contributed by atoms with E-state index in [0.29, 0.717) is 34.3 Å². The normalized spacial score (nSPS) is 11.0. The fourth-order valence-corrected chi connectivity index (χ4v) is 2.54. The molecule has 0 saturated carbocycles. The van der Waals surface area contributed by atoms with Crippen molar-refractivity contribution >= 4 is 33.8 Å². The number of nitrogens with one attached hydrogen (secondary N) is 2. The van der Waals surface area contributed by atoms with Crippen LogP contribution in [-0.4, -0.2) is 20.9 Å². The predicted octanol–water partition coefficient (Wildman–Crippen LogP) is 2.91. The monoisotopic (exact) mass is 310 g/mol. The Hall–Kier alpha value is -2.76. The average molecular weight is 310 g/mol. The van der Waals surface area contributed by atoms with Crippen molar-refractivity contribution in [1.29, 1.82) is 0 Å². The lowest BCUT2D eigenvalue weighted by molar-refractivity contribution is -0.116. The highest BCUT2D eigenvalue weighted by molar-refractivity contribution is 5.93. The predicted molar refractivity (Wildman–Crippen MR) is 90.6 cm³/mol. The molecule has 23 heavy (non-hydrogen) atoms. The van der Waals surface area contributed by atoms with Gasteiger partial charge in [-0.25, -0.2) is 9.97 Å². The van der Waals surface area contributed by atoms with E-state index in [9.17, 15) is 9.59 Å². The second kappa shape index (κ2) is 6.16. The van der Waals surface area contributed by atoms with Gasteiger partial charge in [0.15, 0.2) is 0 Å². The molecule has 0 radical (unpaired) electrons. The van der Waals surface area contributed by atoms with E-state index < -0.39 is 0 Å². The maximum atomic E-state index is 12.6. The van der Waals surface area contributed by atoms with Crippen molar-refractivity contribution in [2.24, 2.45) is 0 Å². The van der Waals surface area contributed by atoms with Crippen LogP contribution in [0.15, 0.2) is 29.2 Å². The molecule has 2 N–H and O–H groups in total. The van der Waals surface area contributed by atoms with Crippen LogP contribution < -0.4 is 10.7 Å². The Bertz CT molecular complexity index is 946. The molecule has 118 valence electrons. The first-order valence-corrected chi connectivity index (χ1v) is 7.68. The standard InChI is InChI=1S/C17H18N4O2/c1-3-4-5-13(22)19-12-7-6-11-15(23)14-10(2)8-9-18-17(14)21-16(11)20-12/h6-9H,3-5H2,1-2H3,(H2,18,19,20,21,22,23). The van der Waals surface area contributed by atoms with Crippen LogP contribution in [0, 0.1) is 6.92 Å². The van der Waals surface area contributed by atoms with Gasteiger partial charge in [0.05, 0.1) is 10.8 Å². The molecule has 6 nitrogen and oxygen atoms in total. The van der Waals surface area contributed by atoms with Crippen molar-refractivity contribution in [2.45, 2.75) is 33.1 Å². The van der Waals surface area contributed by atoms with E-state index in [4.69, 9.17) is 0 Å². The summed E-state index contributed by atoms with van der Waals surface area (Å²) in [5.41, 5.74) is 1.70. The molecule has 0 unspecified atom stereocenters. The largest absolute Gasteiger partial charge is 0.324 e. The summed E-state index contributed by atoms with van der Waals surface area (Å²) >= 11 is 0. The minimum absolute atomic E-state index is 0.0733. The number of aryl methyl sites for hydroxylation is 1. The first kappa shape index (κ1) is 15.1. The number of unbranched alkanes of at least 4 members (excludes halogenated alkanes) is 1. The third kappa shape index (κ3) is 2.92. The summed E-state index contributed by atoms with van der Waals surface area (Å²) in [6.45, 7) is 3.91. The van der Waals surface area contributed by atoms with Gasteiger partial charge in [-0.15, -0.1) is 0 Å². The first-order valence-electron chi connectivity index (χ1n) is 7.68. The van der Waals surface area contributed by atoms with E-state index in [0.717, 1.165) is 18.4 Å². The summed E-state index contributed by atoms with van der Waals surface area (Å²) in [5.74, 6) is 0.358. The van der Waals surface area contributed by atoms with Crippen LogP contribution in [0.2, 0.25) is 0 Å². The molecule has 0 aromatic carbocycles. The minimum atomic E-state index is -0.101. The number of carbonyl (C=O) groups is 1. The summed E-state index contributed by atoms with van der Waals surface area (Å²) in [6.07, 6.45) is 3.91. The van der Waals surface area contributed by atoms with E-state index in [1.54, 1.807) is 24.4 Å². The molecule has 0 saturated heterocycles. The van der Waals surface area contributed by atoms with Crippen LogP contribution in [-0.2, 0) is 4.79 Å². The van der Waals surface area contributed by atoms with Gasteiger partial charge >= 0.3 is 0 Å². The maximum Gasteiger partial charge on any atom is 0.225 e. The highest BCUT2D eigenvalue weighted by Gasteiger charge is 2.10. The summed E-state index contributed by atoms with van der Waals surface area (Å²) < 4.78 is 0. The lowest BCUT2D eigenvalue weighted by Gasteiger charge is -2.07. The van der Waals surface area contributed by atoms with Crippen LogP contribution in [0.3, 0.4) is 0 Å². The van der Waals surface area contributed by atoms with E-state index in [1.165, 1.54) is 0 Å². The zero-order chi connectivity index (χ0) is 16.4. The Labute approximate surface area is 133 Å². The number of hydrogen-bond acceptors (Lipinski definition) is 4. The molecule has 3 heterocycles. The van der Waals surface area contributed by atoms with Gasteiger partial charge in [0.25, 0.3) is 0 Å². The number of amides is 1. The van der Waals surface area contributed by atoms with Crippen molar-refractivity contribution < 1.29 is 4.79 Å². The summed E-state index contributed by atoms with van der Waals surface area (Å²) in [4.78, 5) is 36.0. The fraction of sp³-hybridized carbons (Fsp3) is 0.294. The second-order valence-electron chi connectivity index (χ2n) is 5.55. The topological polar surface area (TPSA) is 87.7 Å². The van der Waals surface area contributed by atoms with E-state index in [2.05, 4.69) is 20.3 Å². The van der Waals surface area contributed by atoms with Crippen LogP contribution in [0.25, 0.3) is 22.1 Å². The van der Waals surface area contributed by atoms with Crippen LogP contribution in [0.4, 0.5) is 5.82 Å². The number of fused-ring (bicyclic) bond motifs is 2. The molecule has 3 rings (SSSR count). The molecule has 0 aliphatic heterocycles. The molecule has 0 atom stereocenters. The lowest BCUT2D eigenvalue weighted by Crippen LogP contribution is -2.13. The zero-order valence-corrected chi connectivity index (χ0v) is 13.1. The average Bonchev–Trinajstić information content (AvgIpc) is 2.52. The Balaban J connectivity index is 2.05. The van der Waals surface area contributed by atoms with E-state index in [1.807, 2.05) is 13.8 Å². The number of hydrogen-bond donors (Lipinski definition) is 2. The Morgan fingerprint density at radius 1 is 1.26 bits per heavy atom. The molecule has 0 fully saturated rings. The van der Waals surface area contributed by atoms with Crippen molar-refractivity contribution in [1.82, 2.24) is 15.0 Å². The van der Waals surface area contributed by atoms with Crippen molar-refractivity contribution in [3.8, 4) is 0 Å².